The molecule has 1 aromatic rings. The number of hydrogen-bond donors (Lipinski definition) is 1. The van der Waals surface area contributed by atoms with Crippen molar-refractivity contribution in [2.75, 3.05) is 18.0 Å². The van der Waals surface area contributed by atoms with Crippen molar-refractivity contribution in [2.45, 2.75) is 44.2 Å². The Kier molecular flexibility index (Phi) is 3.06. The summed E-state index contributed by atoms with van der Waals surface area (Å²) >= 11 is 1.66. The Morgan fingerprint density at radius 1 is 1.38 bits per heavy atom. The Balaban J connectivity index is 1.64. The first-order chi connectivity index (χ1) is 7.93. The molecule has 2 heterocycles. The average molecular weight is 238 g/mol. The lowest BCUT2D eigenvalue weighted by molar-refractivity contribution is 0.398. The minimum Gasteiger partial charge on any atom is -0.342 e. The molecule has 1 aliphatic heterocycles. The zero-order valence-corrected chi connectivity index (χ0v) is 10.2. The molecule has 0 spiro atoms. The second-order valence-corrected chi connectivity index (χ2v) is 5.56. The van der Waals surface area contributed by atoms with Crippen LogP contribution in [0.2, 0.25) is 0 Å². The van der Waals surface area contributed by atoms with Gasteiger partial charge >= 0.3 is 0 Å². The van der Waals surface area contributed by atoms with E-state index < -0.39 is 0 Å². The Morgan fingerprint density at radius 2 is 2.31 bits per heavy atom. The zero-order chi connectivity index (χ0) is 10.8. The fourth-order valence-electron chi connectivity index (χ4n) is 2.38. The van der Waals surface area contributed by atoms with Gasteiger partial charge in [0.2, 0.25) is 5.13 Å². The van der Waals surface area contributed by atoms with Gasteiger partial charge in [-0.25, -0.2) is 0 Å². The van der Waals surface area contributed by atoms with Crippen LogP contribution >= 0.6 is 11.3 Å². The highest BCUT2D eigenvalue weighted by molar-refractivity contribution is 7.13. The molecule has 2 fully saturated rings. The number of piperidine rings is 1. The lowest BCUT2D eigenvalue weighted by Crippen LogP contribution is -2.44. The van der Waals surface area contributed by atoms with E-state index in [9.17, 15) is 0 Å². The maximum Gasteiger partial charge on any atom is 0.208 e. The smallest absolute Gasteiger partial charge is 0.208 e. The summed E-state index contributed by atoms with van der Waals surface area (Å²) in [6.07, 6.45) is 6.66. The molecular formula is C11H18N4S. The molecule has 1 saturated heterocycles. The molecule has 88 valence electrons. The summed E-state index contributed by atoms with van der Waals surface area (Å²) in [5.74, 6) is 0. The Bertz CT molecular complexity index is 317. The van der Waals surface area contributed by atoms with Crippen molar-refractivity contribution in [1.29, 1.82) is 0 Å². The van der Waals surface area contributed by atoms with E-state index in [-0.39, 0.29) is 0 Å². The predicted molar refractivity (Wildman–Crippen MR) is 65.9 cm³/mol. The fourth-order valence-corrected chi connectivity index (χ4v) is 3.02. The summed E-state index contributed by atoms with van der Waals surface area (Å²) in [5.41, 5.74) is 1.83. The van der Waals surface area contributed by atoms with Crippen LogP contribution in [0, 0.1) is 0 Å². The van der Waals surface area contributed by atoms with E-state index in [0.29, 0.717) is 6.04 Å². The summed E-state index contributed by atoms with van der Waals surface area (Å²) < 4.78 is 0. The molecule has 0 radical (unpaired) electrons. The molecule has 1 unspecified atom stereocenters. The number of anilines is 1. The van der Waals surface area contributed by atoms with Gasteiger partial charge in [-0.3, -0.25) is 0 Å². The summed E-state index contributed by atoms with van der Waals surface area (Å²) in [5, 5.41) is 12.9. The lowest BCUT2D eigenvalue weighted by Gasteiger charge is -2.30. The molecule has 1 aromatic heterocycles. The van der Waals surface area contributed by atoms with Gasteiger partial charge < -0.3 is 10.2 Å². The van der Waals surface area contributed by atoms with Crippen LogP contribution in [0.1, 0.15) is 32.1 Å². The van der Waals surface area contributed by atoms with Crippen molar-refractivity contribution < 1.29 is 0 Å². The first-order valence-electron chi connectivity index (χ1n) is 6.19. The number of hydrogen-bond acceptors (Lipinski definition) is 5. The highest BCUT2D eigenvalue weighted by Gasteiger charge is 2.32. The van der Waals surface area contributed by atoms with Crippen molar-refractivity contribution in [3.05, 3.63) is 5.51 Å². The third-order valence-electron chi connectivity index (χ3n) is 3.41. The standard InChI is InChI=1S/C11H18N4S/c1-2-6-12-9(3-1)7-15(10-4-5-10)11-14-13-8-16-11/h8-10,12H,1-7H2. The minimum absolute atomic E-state index is 0.651. The van der Waals surface area contributed by atoms with Gasteiger partial charge in [0, 0.05) is 18.6 Å². The maximum absolute atomic E-state index is 4.21. The number of aromatic nitrogens is 2. The molecule has 1 atom stereocenters. The summed E-state index contributed by atoms with van der Waals surface area (Å²) in [4.78, 5) is 2.46. The molecule has 0 bridgehead atoms. The van der Waals surface area contributed by atoms with Gasteiger partial charge in [-0.15, -0.1) is 10.2 Å². The number of rotatable bonds is 4. The topological polar surface area (TPSA) is 41.1 Å². The van der Waals surface area contributed by atoms with Crippen molar-refractivity contribution in [1.82, 2.24) is 15.5 Å². The van der Waals surface area contributed by atoms with Gasteiger partial charge in [0.1, 0.15) is 5.51 Å². The number of nitrogens with zero attached hydrogens (tertiary/aromatic N) is 3. The summed E-state index contributed by atoms with van der Waals surface area (Å²) in [7, 11) is 0. The lowest BCUT2D eigenvalue weighted by atomic mass is 10.0. The summed E-state index contributed by atoms with van der Waals surface area (Å²) in [6.45, 7) is 2.29. The van der Waals surface area contributed by atoms with Gasteiger partial charge in [-0.1, -0.05) is 17.8 Å². The molecule has 1 aliphatic carbocycles. The summed E-state index contributed by atoms with van der Waals surface area (Å²) in [6, 6.07) is 1.38. The predicted octanol–water partition coefficient (Wildman–Crippen LogP) is 1.65. The van der Waals surface area contributed by atoms with Crippen LogP contribution in [0.4, 0.5) is 5.13 Å². The normalized spacial score (nSPS) is 25.6. The highest BCUT2D eigenvalue weighted by Crippen LogP contribution is 2.32. The molecule has 5 heteroatoms. The first kappa shape index (κ1) is 10.5. The largest absolute Gasteiger partial charge is 0.342 e. The SMILES string of the molecule is c1nnc(N(CC2CCCCN2)C2CC2)s1. The Morgan fingerprint density at radius 3 is 2.94 bits per heavy atom. The molecule has 16 heavy (non-hydrogen) atoms. The van der Waals surface area contributed by atoms with E-state index in [0.717, 1.165) is 17.7 Å². The Labute approximate surface area is 100 Å². The van der Waals surface area contributed by atoms with Crippen LogP contribution < -0.4 is 10.2 Å². The molecule has 1 N–H and O–H groups in total. The van der Waals surface area contributed by atoms with E-state index in [1.807, 2.05) is 5.51 Å². The number of nitrogens with one attached hydrogen (secondary N) is 1. The van der Waals surface area contributed by atoms with E-state index in [1.165, 1.54) is 38.6 Å². The van der Waals surface area contributed by atoms with Gasteiger partial charge in [0.05, 0.1) is 0 Å². The molecule has 2 aliphatic rings. The van der Waals surface area contributed by atoms with E-state index >= 15 is 0 Å². The van der Waals surface area contributed by atoms with Gasteiger partial charge in [-0.2, -0.15) is 0 Å². The van der Waals surface area contributed by atoms with Crippen LogP contribution in [0.15, 0.2) is 5.51 Å². The van der Waals surface area contributed by atoms with Crippen molar-refractivity contribution >= 4 is 16.5 Å². The molecule has 0 amide bonds. The average Bonchev–Trinajstić information content (AvgIpc) is 3.02. The van der Waals surface area contributed by atoms with E-state index in [2.05, 4.69) is 20.4 Å². The van der Waals surface area contributed by atoms with Crippen molar-refractivity contribution in [3.8, 4) is 0 Å². The molecular weight excluding hydrogens is 220 g/mol. The van der Waals surface area contributed by atoms with Crippen molar-refractivity contribution in [2.24, 2.45) is 0 Å². The molecule has 0 aromatic carbocycles. The first-order valence-corrected chi connectivity index (χ1v) is 7.07. The van der Waals surface area contributed by atoms with Crippen LogP contribution in [0.5, 0.6) is 0 Å². The van der Waals surface area contributed by atoms with Crippen LogP contribution in [0.3, 0.4) is 0 Å². The second kappa shape index (κ2) is 4.67. The molecule has 4 nitrogen and oxygen atoms in total. The zero-order valence-electron chi connectivity index (χ0n) is 9.43. The van der Waals surface area contributed by atoms with E-state index in [1.54, 1.807) is 11.3 Å². The third-order valence-corrected chi connectivity index (χ3v) is 4.14. The quantitative estimate of drug-likeness (QED) is 0.866. The van der Waals surface area contributed by atoms with Crippen LogP contribution in [-0.4, -0.2) is 35.4 Å². The third kappa shape index (κ3) is 2.35. The second-order valence-electron chi connectivity index (χ2n) is 4.75. The van der Waals surface area contributed by atoms with Crippen LogP contribution in [-0.2, 0) is 0 Å². The van der Waals surface area contributed by atoms with Crippen molar-refractivity contribution in [3.63, 3.8) is 0 Å². The maximum atomic E-state index is 4.21. The van der Waals surface area contributed by atoms with Gasteiger partial charge in [0.25, 0.3) is 0 Å². The molecule has 1 saturated carbocycles. The monoisotopic (exact) mass is 238 g/mol. The minimum atomic E-state index is 0.651. The van der Waals surface area contributed by atoms with Gasteiger partial charge in [-0.05, 0) is 32.2 Å². The van der Waals surface area contributed by atoms with E-state index in [4.69, 9.17) is 0 Å². The molecule has 3 rings (SSSR count). The fraction of sp³-hybridized carbons (Fsp3) is 0.818. The van der Waals surface area contributed by atoms with Gasteiger partial charge in [0.15, 0.2) is 0 Å². The Hall–Kier alpha value is -0.680. The highest BCUT2D eigenvalue weighted by atomic mass is 32.1. The van der Waals surface area contributed by atoms with Crippen LogP contribution in [0.25, 0.3) is 0 Å².